The van der Waals surface area contributed by atoms with Crippen LogP contribution in [0, 0.1) is 6.92 Å². The fourth-order valence-corrected chi connectivity index (χ4v) is 4.09. The van der Waals surface area contributed by atoms with E-state index in [0.29, 0.717) is 30.3 Å². The van der Waals surface area contributed by atoms with Crippen LogP contribution in [-0.2, 0) is 0 Å². The van der Waals surface area contributed by atoms with Gasteiger partial charge in [-0.2, -0.15) is 0 Å². The monoisotopic (exact) mass is 467 g/mol. The number of piperidine rings is 1. The standard InChI is InChI=1S/C27H25N5O3/c1-19-6-8-22(9-7-19)34-25-24(28-14-15-29-25)20-10-16-32(17-11-20)26(33)21-4-2-5-23(18-21)35-27-30-12-3-13-31-27/h2-9,12-15,18,20H,10-11,16-17H2,1H3. The Labute approximate surface area is 203 Å². The molecule has 0 atom stereocenters. The lowest BCUT2D eigenvalue weighted by atomic mass is 9.93. The van der Waals surface area contributed by atoms with Crippen LogP contribution < -0.4 is 9.47 Å². The average molecular weight is 468 g/mol. The predicted octanol–water partition coefficient (Wildman–Crippen LogP) is 5.18. The lowest BCUT2D eigenvalue weighted by molar-refractivity contribution is 0.0711. The summed E-state index contributed by atoms with van der Waals surface area (Å²) in [6.45, 7) is 3.28. The number of carbonyl (C=O) groups excluding carboxylic acids is 1. The van der Waals surface area contributed by atoms with Gasteiger partial charge in [0.15, 0.2) is 0 Å². The molecule has 0 bridgehead atoms. The summed E-state index contributed by atoms with van der Waals surface area (Å²) in [5, 5.41) is 0. The van der Waals surface area contributed by atoms with Crippen LogP contribution in [0.2, 0.25) is 0 Å². The van der Waals surface area contributed by atoms with E-state index < -0.39 is 0 Å². The fraction of sp³-hybridized carbons (Fsp3) is 0.222. The number of hydrogen-bond acceptors (Lipinski definition) is 7. The van der Waals surface area contributed by atoms with E-state index in [0.717, 1.165) is 24.3 Å². The van der Waals surface area contributed by atoms with Gasteiger partial charge in [0.2, 0.25) is 5.88 Å². The highest BCUT2D eigenvalue weighted by atomic mass is 16.5. The van der Waals surface area contributed by atoms with Crippen LogP contribution in [0.1, 0.15) is 40.4 Å². The zero-order chi connectivity index (χ0) is 24.0. The van der Waals surface area contributed by atoms with Gasteiger partial charge in [-0.1, -0.05) is 23.8 Å². The first-order valence-corrected chi connectivity index (χ1v) is 11.6. The van der Waals surface area contributed by atoms with Gasteiger partial charge in [-0.05, 0) is 56.2 Å². The van der Waals surface area contributed by atoms with E-state index in [-0.39, 0.29) is 17.8 Å². The molecule has 35 heavy (non-hydrogen) atoms. The molecule has 0 saturated carbocycles. The highest BCUT2D eigenvalue weighted by Gasteiger charge is 2.28. The van der Waals surface area contributed by atoms with Gasteiger partial charge in [-0.3, -0.25) is 9.78 Å². The fourth-order valence-electron chi connectivity index (χ4n) is 4.09. The van der Waals surface area contributed by atoms with E-state index in [1.807, 2.05) is 36.1 Å². The first kappa shape index (κ1) is 22.5. The molecule has 3 heterocycles. The molecule has 1 fully saturated rings. The molecule has 0 spiro atoms. The van der Waals surface area contributed by atoms with Gasteiger partial charge < -0.3 is 14.4 Å². The van der Waals surface area contributed by atoms with Gasteiger partial charge in [-0.25, -0.2) is 15.0 Å². The van der Waals surface area contributed by atoms with Gasteiger partial charge in [0.25, 0.3) is 5.91 Å². The zero-order valence-corrected chi connectivity index (χ0v) is 19.4. The maximum Gasteiger partial charge on any atom is 0.321 e. The molecular formula is C27H25N5O3. The second kappa shape index (κ2) is 10.3. The largest absolute Gasteiger partial charge is 0.437 e. The third-order valence-electron chi connectivity index (χ3n) is 5.93. The minimum Gasteiger partial charge on any atom is -0.437 e. The highest BCUT2D eigenvalue weighted by Crippen LogP contribution is 2.34. The van der Waals surface area contributed by atoms with Crippen molar-refractivity contribution in [3.8, 4) is 23.4 Å². The number of benzene rings is 2. The van der Waals surface area contributed by atoms with Gasteiger partial charge in [0.1, 0.15) is 17.2 Å². The highest BCUT2D eigenvalue weighted by molar-refractivity contribution is 5.94. The van der Waals surface area contributed by atoms with E-state index in [9.17, 15) is 4.79 Å². The normalized spacial score (nSPS) is 13.9. The van der Waals surface area contributed by atoms with Crippen molar-refractivity contribution in [3.63, 3.8) is 0 Å². The molecule has 1 aliphatic rings. The smallest absolute Gasteiger partial charge is 0.321 e. The minimum absolute atomic E-state index is 0.0295. The lowest BCUT2D eigenvalue weighted by Gasteiger charge is -2.32. The number of hydrogen-bond donors (Lipinski definition) is 0. The average Bonchev–Trinajstić information content (AvgIpc) is 2.91. The Balaban J connectivity index is 1.24. The van der Waals surface area contributed by atoms with E-state index in [1.54, 1.807) is 55.1 Å². The summed E-state index contributed by atoms with van der Waals surface area (Å²) in [7, 11) is 0. The van der Waals surface area contributed by atoms with E-state index in [4.69, 9.17) is 9.47 Å². The van der Waals surface area contributed by atoms with Crippen LogP contribution in [0.5, 0.6) is 23.4 Å². The van der Waals surface area contributed by atoms with Gasteiger partial charge in [0.05, 0.1) is 0 Å². The van der Waals surface area contributed by atoms with Crippen LogP contribution in [0.3, 0.4) is 0 Å². The number of nitrogens with zero attached hydrogens (tertiary/aromatic N) is 5. The van der Waals surface area contributed by atoms with Gasteiger partial charge in [-0.15, -0.1) is 0 Å². The molecule has 0 N–H and O–H groups in total. The summed E-state index contributed by atoms with van der Waals surface area (Å²) in [5.74, 6) is 1.91. The second-order valence-electron chi connectivity index (χ2n) is 8.39. The first-order valence-electron chi connectivity index (χ1n) is 11.6. The molecule has 8 heteroatoms. The molecule has 8 nitrogen and oxygen atoms in total. The topological polar surface area (TPSA) is 90.3 Å². The van der Waals surface area contributed by atoms with Crippen LogP contribution in [0.15, 0.2) is 79.4 Å². The Morgan fingerprint density at radius 2 is 1.57 bits per heavy atom. The molecule has 176 valence electrons. The SMILES string of the molecule is Cc1ccc(Oc2nccnc2C2CCN(C(=O)c3cccc(Oc4ncccn4)c3)CC2)cc1. The van der Waals surface area contributed by atoms with Gasteiger partial charge in [0, 0.05) is 49.4 Å². The van der Waals surface area contributed by atoms with Crippen molar-refractivity contribution in [3.05, 3.63) is 96.2 Å². The molecule has 0 radical (unpaired) electrons. The summed E-state index contributed by atoms with van der Waals surface area (Å²) in [5.41, 5.74) is 2.57. The van der Waals surface area contributed by atoms with Crippen molar-refractivity contribution in [2.24, 2.45) is 0 Å². The molecule has 0 unspecified atom stereocenters. The number of amides is 1. The van der Waals surface area contributed by atoms with Crippen molar-refractivity contribution in [1.29, 1.82) is 0 Å². The maximum atomic E-state index is 13.2. The van der Waals surface area contributed by atoms with E-state index in [2.05, 4.69) is 19.9 Å². The molecule has 0 aliphatic carbocycles. The van der Waals surface area contributed by atoms with Crippen LogP contribution in [0.4, 0.5) is 0 Å². The summed E-state index contributed by atoms with van der Waals surface area (Å²) in [4.78, 5) is 32.2. The number of carbonyl (C=O) groups is 1. The molecule has 1 amide bonds. The predicted molar refractivity (Wildman–Crippen MR) is 130 cm³/mol. The minimum atomic E-state index is -0.0295. The number of ether oxygens (including phenoxy) is 2. The van der Waals surface area contributed by atoms with Gasteiger partial charge >= 0.3 is 6.01 Å². The van der Waals surface area contributed by atoms with E-state index in [1.165, 1.54) is 5.56 Å². The summed E-state index contributed by atoms with van der Waals surface area (Å²) in [6, 6.07) is 16.9. The summed E-state index contributed by atoms with van der Waals surface area (Å²) >= 11 is 0. The number of likely N-dealkylation sites (tertiary alicyclic amines) is 1. The Morgan fingerprint density at radius 3 is 2.34 bits per heavy atom. The second-order valence-corrected chi connectivity index (χ2v) is 8.39. The third kappa shape index (κ3) is 5.43. The molecule has 1 saturated heterocycles. The van der Waals surface area contributed by atoms with Crippen molar-refractivity contribution >= 4 is 5.91 Å². The summed E-state index contributed by atoms with van der Waals surface area (Å²) in [6.07, 6.45) is 8.11. The molecule has 5 rings (SSSR count). The summed E-state index contributed by atoms with van der Waals surface area (Å²) < 4.78 is 11.7. The zero-order valence-electron chi connectivity index (χ0n) is 19.4. The number of aromatic nitrogens is 4. The van der Waals surface area contributed by atoms with Crippen molar-refractivity contribution < 1.29 is 14.3 Å². The first-order chi connectivity index (χ1) is 17.2. The van der Waals surface area contributed by atoms with Crippen molar-refractivity contribution in [1.82, 2.24) is 24.8 Å². The van der Waals surface area contributed by atoms with Crippen LogP contribution in [0.25, 0.3) is 0 Å². The number of rotatable bonds is 6. The molecule has 4 aromatic rings. The van der Waals surface area contributed by atoms with Crippen molar-refractivity contribution in [2.75, 3.05) is 13.1 Å². The molecule has 1 aliphatic heterocycles. The van der Waals surface area contributed by atoms with Crippen molar-refractivity contribution in [2.45, 2.75) is 25.7 Å². The molecule has 2 aromatic carbocycles. The van der Waals surface area contributed by atoms with Crippen LogP contribution >= 0.6 is 0 Å². The van der Waals surface area contributed by atoms with Crippen LogP contribution in [-0.4, -0.2) is 43.8 Å². The van der Waals surface area contributed by atoms with E-state index >= 15 is 0 Å². The third-order valence-corrected chi connectivity index (χ3v) is 5.93. The Hall–Kier alpha value is -4.33. The Bertz CT molecular complexity index is 1290. The Kier molecular flexibility index (Phi) is 6.61. The lowest BCUT2D eigenvalue weighted by Crippen LogP contribution is -2.38. The number of aryl methyl sites for hydroxylation is 1. The molecule has 2 aromatic heterocycles. The quantitative estimate of drug-likeness (QED) is 0.386. The Morgan fingerprint density at radius 1 is 0.829 bits per heavy atom. The molecular weight excluding hydrogens is 442 g/mol. The maximum absolute atomic E-state index is 13.2.